The summed E-state index contributed by atoms with van der Waals surface area (Å²) in [5.41, 5.74) is 6.24. The van der Waals surface area contributed by atoms with Gasteiger partial charge in [0.15, 0.2) is 6.61 Å². The summed E-state index contributed by atoms with van der Waals surface area (Å²) in [5, 5.41) is 0. The Morgan fingerprint density at radius 3 is 2.67 bits per heavy atom. The van der Waals surface area contributed by atoms with E-state index in [1.54, 1.807) is 17.0 Å². The van der Waals surface area contributed by atoms with Crippen LogP contribution in [0.15, 0.2) is 18.2 Å². The molecule has 1 amide bonds. The van der Waals surface area contributed by atoms with Gasteiger partial charge in [0.1, 0.15) is 5.75 Å². The number of ether oxygens (including phenoxy) is 2. The van der Waals surface area contributed by atoms with Gasteiger partial charge in [-0.05, 0) is 38.0 Å². The van der Waals surface area contributed by atoms with Crippen molar-refractivity contribution in [3.05, 3.63) is 23.8 Å². The Bertz CT molecular complexity index is 540. The zero-order valence-corrected chi connectivity index (χ0v) is 12.3. The molecule has 0 radical (unpaired) electrons. The molecule has 2 N–H and O–H groups in total. The molecule has 0 aromatic heterocycles. The fraction of sp³-hybridized carbons (Fsp3) is 0.467. The standard InChI is InChI=1S/C15H20N2O4/c1-3-17(10-4-5-10)14(18)9-21-15(19)12-8-11(20-2)6-7-13(12)16/h6-8,10H,3-5,9,16H2,1-2H3. The van der Waals surface area contributed by atoms with Crippen molar-refractivity contribution in [3.63, 3.8) is 0 Å². The number of nitrogen functional groups attached to an aromatic ring is 1. The number of nitrogens with zero attached hydrogens (tertiary/aromatic N) is 1. The van der Waals surface area contributed by atoms with Gasteiger partial charge >= 0.3 is 5.97 Å². The lowest BCUT2D eigenvalue weighted by Gasteiger charge is -2.20. The van der Waals surface area contributed by atoms with E-state index < -0.39 is 5.97 Å². The molecule has 6 heteroatoms. The number of esters is 1. The molecule has 1 aromatic carbocycles. The number of anilines is 1. The third kappa shape index (κ3) is 3.65. The first-order chi connectivity index (χ1) is 10.1. The van der Waals surface area contributed by atoms with Crippen LogP contribution in [-0.2, 0) is 9.53 Å². The highest BCUT2D eigenvalue weighted by atomic mass is 16.5. The first-order valence-electron chi connectivity index (χ1n) is 6.97. The van der Waals surface area contributed by atoms with Crippen molar-refractivity contribution in [1.29, 1.82) is 0 Å². The van der Waals surface area contributed by atoms with E-state index in [2.05, 4.69) is 0 Å². The Kier molecular flexibility index (Phi) is 4.67. The summed E-state index contributed by atoms with van der Waals surface area (Å²) in [4.78, 5) is 25.7. The molecule has 2 rings (SSSR count). The van der Waals surface area contributed by atoms with Gasteiger partial charge in [0.2, 0.25) is 0 Å². The Hall–Kier alpha value is -2.24. The molecule has 0 bridgehead atoms. The van der Waals surface area contributed by atoms with Crippen molar-refractivity contribution in [3.8, 4) is 5.75 Å². The predicted molar refractivity (Wildman–Crippen MR) is 78.1 cm³/mol. The molecular weight excluding hydrogens is 272 g/mol. The molecule has 0 unspecified atom stereocenters. The van der Waals surface area contributed by atoms with Crippen molar-refractivity contribution in [2.45, 2.75) is 25.8 Å². The summed E-state index contributed by atoms with van der Waals surface area (Å²) < 4.78 is 10.1. The van der Waals surface area contributed by atoms with E-state index in [1.165, 1.54) is 13.2 Å². The minimum Gasteiger partial charge on any atom is -0.497 e. The minimum atomic E-state index is -0.619. The predicted octanol–water partition coefficient (Wildman–Crippen LogP) is 1.45. The zero-order chi connectivity index (χ0) is 15.4. The third-order valence-corrected chi connectivity index (χ3v) is 3.46. The number of amides is 1. The fourth-order valence-corrected chi connectivity index (χ4v) is 2.15. The topological polar surface area (TPSA) is 81.9 Å². The van der Waals surface area contributed by atoms with Crippen LogP contribution in [0.3, 0.4) is 0 Å². The SMILES string of the molecule is CCN(C(=O)COC(=O)c1cc(OC)ccc1N)C1CC1. The molecule has 114 valence electrons. The van der Waals surface area contributed by atoms with Crippen molar-refractivity contribution >= 4 is 17.6 Å². The number of nitrogens with two attached hydrogens (primary N) is 1. The smallest absolute Gasteiger partial charge is 0.340 e. The van der Waals surface area contributed by atoms with Crippen molar-refractivity contribution in [2.24, 2.45) is 0 Å². The molecule has 21 heavy (non-hydrogen) atoms. The van der Waals surface area contributed by atoms with E-state index in [-0.39, 0.29) is 18.1 Å². The van der Waals surface area contributed by atoms with E-state index in [0.717, 1.165) is 12.8 Å². The van der Waals surface area contributed by atoms with Gasteiger partial charge in [0.25, 0.3) is 5.91 Å². The third-order valence-electron chi connectivity index (χ3n) is 3.46. The van der Waals surface area contributed by atoms with Crippen LogP contribution in [0.1, 0.15) is 30.1 Å². The molecule has 0 heterocycles. The second-order valence-corrected chi connectivity index (χ2v) is 4.94. The molecule has 0 aliphatic heterocycles. The van der Waals surface area contributed by atoms with Gasteiger partial charge in [-0.25, -0.2) is 4.79 Å². The lowest BCUT2D eigenvalue weighted by Crippen LogP contribution is -2.36. The molecule has 1 aliphatic rings. The summed E-state index contributed by atoms with van der Waals surface area (Å²) in [5.74, 6) is -0.281. The van der Waals surface area contributed by atoms with Crippen LogP contribution in [0.5, 0.6) is 5.75 Å². The largest absolute Gasteiger partial charge is 0.497 e. The maximum absolute atomic E-state index is 12.0. The summed E-state index contributed by atoms with van der Waals surface area (Å²) in [6, 6.07) is 5.03. The monoisotopic (exact) mass is 292 g/mol. The molecule has 0 saturated heterocycles. The van der Waals surface area contributed by atoms with Crippen LogP contribution in [0, 0.1) is 0 Å². The van der Waals surface area contributed by atoms with E-state index in [4.69, 9.17) is 15.2 Å². The minimum absolute atomic E-state index is 0.171. The molecule has 1 fully saturated rings. The normalized spacial score (nSPS) is 13.6. The first kappa shape index (κ1) is 15.2. The quantitative estimate of drug-likeness (QED) is 0.634. The Morgan fingerprint density at radius 1 is 1.38 bits per heavy atom. The molecule has 0 spiro atoms. The van der Waals surface area contributed by atoms with Gasteiger partial charge in [-0.3, -0.25) is 4.79 Å². The number of methoxy groups -OCH3 is 1. The number of hydrogen-bond donors (Lipinski definition) is 1. The number of rotatable bonds is 6. The Balaban J connectivity index is 1.96. The van der Waals surface area contributed by atoms with Crippen molar-refractivity contribution < 1.29 is 19.1 Å². The van der Waals surface area contributed by atoms with Gasteiger partial charge in [0.05, 0.1) is 12.7 Å². The molecule has 1 aromatic rings. The van der Waals surface area contributed by atoms with Crippen LogP contribution in [0.4, 0.5) is 5.69 Å². The van der Waals surface area contributed by atoms with Crippen LogP contribution in [0.25, 0.3) is 0 Å². The van der Waals surface area contributed by atoms with Crippen molar-refractivity contribution in [1.82, 2.24) is 4.90 Å². The van der Waals surface area contributed by atoms with Crippen molar-refractivity contribution in [2.75, 3.05) is 26.0 Å². The van der Waals surface area contributed by atoms with Crippen LogP contribution in [0.2, 0.25) is 0 Å². The van der Waals surface area contributed by atoms with Gasteiger partial charge in [0, 0.05) is 18.3 Å². The molecule has 0 atom stereocenters. The average molecular weight is 292 g/mol. The summed E-state index contributed by atoms with van der Waals surface area (Å²) in [7, 11) is 1.50. The second kappa shape index (κ2) is 6.47. The fourth-order valence-electron chi connectivity index (χ4n) is 2.15. The van der Waals surface area contributed by atoms with Crippen LogP contribution >= 0.6 is 0 Å². The lowest BCUT2D eigenvalue weighted by atomic mass is 10.2. The summed E-state index contributed by atoms with van der Waals surface area (Å²) in [6.07, 6.45) is 2.05. The molecule has 1 aliphatic carbocycles. The highest BCUT2D eigenvalue weighted by Crippen LogP contribution is 2.26. The highest BCUT2D eigenvalue weighted by molar-refractivity contribution is 5.96. The van der Waals surface area contributed by atoms with Gasteiger partial charge < -0.3 is 20.1 Å². The maximum Gasteiger partial charge on any atom is 0.340 e. The van der Waals surface area contributed by atoms with Gasteiger partial charge in [-0.15, -0.1) is 0 Å². The number of hydrogen-bond acceptors (Lipinski definition) is 5. The lowest BCUT2D eigenvalue weighted by molar-refractivity contribution is -0.134. The highest BCUT2D eigenvalue weighted by Gasteiger charge is 2.31. The number of likely N-dealkylation sites (N-methyl/N-ethyl adjacent to an activating group) is 1. The van der Waals surface area contributed by atoms with E-state index in [0.29, 0.717) is 24.0 Å². The Labute approximate surface area is 123 Å². The number of benzene rings is 1. The summed E-state index contributed by atoms with van der Waals surface area (Å²) in [6.45, 7) is 2.28. The maximum atomic E-state index is 12.0. The second-order valence-electron chi connectivity index (χ2n) is 4.94. The first-order valence-corrected chi connectivity index (χ1v) is 6.97. The average Bonchev–Trinajstić information content (AvgIpc) is 3.31. The number of carbonyl (C=O) groups is 2. The van der Waals surface area contributed by atoms with E-state index in [1.807, 2.05) is 6.92 Å². The molecular formula is C15H20N2O4. The van der Waals surface area contributed by atoms with E-state index in [9.17, 15) is 9.59 Å². The molecule has 1 saturated carbocycles. The van der Waals surface area contributed by atoms with E-state index >= 15 is 0 Å². The van der Waals surface area contributed by atoms with Crippen LogP contribution < -0.4 is 10.5 Å². The number of carbonyl (C=O) groups excluding carboxylic acids is 2. The zero-order valence-electron chi connectivity index (χ0n) is 12.3. The summed E-state index contributed by atoms with van der Waals surface area (Å²) >= 11 is 0. The molecule has 6 nitrogen and oxygen atoms in total. The van der Waals surface area contributed by atoms with Gasteiger partial charge in [-0.1, -0.05) is 0 Å². The van der Waals surface area contributed by atoms with Gasteiger partial charge in [-0.2, -0.15) is 0 Å². The Morgan fingerprint density at radius 2 is 2.10 bits per heavy atom. The van der Waals surface area contributed by atoms with Crippen LogP contribution in [-0.4, -0.2) is 43.1 Å².